The van der Waals surface area contributed by atoms with Crippen LogP contribution in [0.25, 0.3) is 0 Å². The largest absolute Gasteiger partial charge is 0.490 e. The number of anilines is 1. The third-order valence-corrected chi connectivity index (χ3v) is 6.94. The van der Waals surface area contributed by atoms with E-state index in [0.717, 1.165) is 0 Å². The van der Waals surface area contributed by atoms with Crippen molar-refractivity contribution < 1.29 is 40.6 Å². The number of aryl methyl sites for hydroxylation is 1. The van der Waals surface area contributed by atoms with E-state index < -0.39 is 27.8 Å². The van der Waals surface area contributed by atoms with Crippen LogP contribution in [0.3, 0.4) is 0 Å². The highest BCUT2D eigenvalue weighted by atomic mass is 32.2. The van der Waals surface area contributed by atoms with Gasteiger partial charge < -0.3 is 19.7 Å². The van der Waals surface area contributed by atoms with E-state index in [4.69, 9.17) is 14.6 Å². The third-order valence-electron chi connectivity index (χ3n) is 5.21. The molecule has 2 aliphatic heterocycles. The molecule has 33 heavy (non-hydrogen) atoms. The second-order valence-electron chi connectivity index (χ2n) is 7.82. The van der Waals surface area contributed by atoms with Gasteiger partial charge in [-0.25, -0.2) is 22.6 Å². The molecule has 2 fully saturated rings. The highest BCUT2D eigenvalue weighted by Crippen LogP contribution is 2.38. The molecule has 2 aliphatic rings. The zero-order chi connectivity index (χ0) is 24.4. The van der Waals surface area contributed by atoms with Crippen LogP contribution < -0.4 is 5.32 Å². The fraction of sp³-hybridized carbons (Fsp3) is 0.474. The number of alkyl halides is 3. The number of rotatable bonds is 4. The van der Waals surface area contributed by atoms with Crippen LogP contribution in [0, 0.1) is 5.82 Å². The molecule has 0 bridgehead atoms. The molecule has 0 saturated carbocycles. The van der Waals surface area contributed by atoms with Crippen molar-refractivity contribution in [1.29, 1.82) is 0 Å². The Kier molecular flexibility index (Phi) is 7.00. The van der Waals surface area contributed by atoms with Gasteiger partial charge in [-0.1, -0.05) is 6.07 Å². The zero-order valence-electron chi connectivity index (χ0n) is 17.4. The van der Waals surface area contributed by atoms with Crippen molar-refractivity contribution in [2.45, 2.75) is 35.7 Å². The standard InChI is InChI=1S/C17H21FN4O3S.C2HF3O2/c1-21-9-16(19-12-21)26(23,24)22-6-5-17(11-22)8-15(10-25-17)20-14-4-2-3-13(18)7-14;3-2(4,5)1(6)7/h2-4,7,9,12,15,20H,5-6,8,10-11H2,1H3;(H,6,7). The van der Waals surface area contributed by atoms with Crippen LogP contribution in [0.5, 0.6) is 0 Å². The number of hydrogen-bond acceptors (Lipinski definition) is 6. The van der Waals surface area contributed by atoms with E-state index in [0.29, 0.717) is 38.2 Å². The van der Waals surface area contributed by atoms with Gasteiger partial charge in [0.15, 0.2) is 5.03 Å². The average Bonchev–Trinajstić information content (AvgIpc) is 3.43. The Morgan fingerprint density at radius 1 is 1.36 bits per heavy atom. The van der Waals surface area contributed by atoms with Crippen LogP contribution in [0.1, 0.15) is 12.8 Å². The smallest absolute Gasteiger partial charge is 0.475 e. The molecule has 1 spiro atoms. The van der Waals surface area contributed by atoms with Gasteiger partial charge >= 0.3 is 12.1 Å². The van der Waals surface area contributed by atoms with Crippen molar-refractivity contribution in [3.05, 3.63) is 42.6 Å². The lowest BCUT2D eigenvalue weighted by atomic mass is 9.97. The van der Waals surface area contributed by atoms with E-state index >= 15 is 0 Å². The highest BCUT2D eigenvalue weighted by molar-refractivity contribution is 7.89. The fourth-order valence-electron chi connectivity index (χ4n) is 3.70. The van der Waals surface area contributed by atoms with Crippen LogP contribution >= 0.6 is 0 Å². The van der Waals surface area contributed by atoms with Gasteiger partial charge in [0.1, 0.15) is 5.82 Å². The summed E-state index contributed by atoms with van der Waals surface area (Å²) < 4.78 is 79.6. The number of sulfonamides is 1. The van der Waals surface area contributed by atoms with E-state index in [2.05, 4.69) is 10.3 Å². The Hall–Kier alpha value is -2.71. The maximum Gasteiger partial charge on any atom is 0.490 e. The summed E-state index contributed by atoms with van der Waals surface area (Å²) in [5.74, 6) is -3.05. The van der Waals surface area contributed by atoms with Crippen molar-refractivity contribution >= 4 is 21.7 Å². The molecule has 1 aromatic carbocycles. The molecule has 14 heteroatoms. The second kappa shape index (κ2) is 9.27. The van der Waals surface area contributed by atoms with Crippen LogP contribution in [0.4, 0.5) is 23.2 Å². The van der Waals surface area contributed by atoms with Gasteiger partial charge in [0.2, 0.25) is 0 Å². The molecule has 2 atom stereocenters. The molecule has 2 N–H and O–H groups in total. The van der Waals surface area contributed by atoms with Gasteiger partial charge in [0.25, 0.3) is 10.0 Å². The molecule has 0 radical (unpaired) electrons. The SMILES string of the molecule is Cn1cnc(S(=O)(=O)N2CCC3(CC(Nc4cccc(F)c4)CO3)C2)c1.O=C(O)C(F)(F)F. The van der Waals surface area contributed by atoms with Gasteiger partial charge in [-0.3, -0.25) is 0 Å². The van der Waals surface area contributed by atoms with Crippen molar-refractivity contribution in [1.82, 2.24) is 13.9 Å². The minimum absolute atomic E-state index is 0.0225. The van der Waals surface area contributed by atoms with Crippen LogP contribution in [-0.4, -0.2) is 70.9 Å². The van der Waals surface area contributed by atoms with Crippen molar-refractivity contribution in [3.63, 3.8) is 0 Å². The van der Waals surface area contributed by atoms with Gasteiger partial charge in [-0.15, -0.1) is 0 Å². The second-order valence-corrected chi connectivity index (χ2v) is 9.70. The lowest BCUT2D eigenvalue weighted by Gasteiger charge is -2.23. The number of ether oxygens (including phenoxy) is 1. The van der Waals surface area contributed by atoms with Gasteiger partial charge in [0.05, 0.1) is 24.6 Å². The molecule has 2 saturated heterocycles. The van der Waals surface area contributed by atoms with Crippen LogP contribution in [-0.2, 0) is 26.6 Å². The fourth-order valence-corrected chi connectivity index (χ4v) is 5.18. The number of imidazole rings is 1. The average molecular weight is 494 g/mol. The van der Waals surface area contributed by atoms with Crippen molar-refractivity contribution in [3.8, 4) is 0 Å². The predicted octanol–water partition coefficient (Wildman–Crippen LogP) is 2.23. The molecule has 2 aromatic rings. The summed E-state index contributed by atoms with van der Waals surface area (Å²) in [6.07, 6.45) is -0.786. The number of benzene rings is 1. The van der Waals surface area contributed by atoms with E-state index in [1.165, 1.54) is 29.0 Å². The number of carboxylic acids is 1. The molecule has 1 aromatic heterocycles. The molecular formula is C19H22F4N4O5S. The van der Waals surface area contributed by atoms with Crippen LogP contribution in [0.15, 0.2) is 41.8 Å². The maximum atomic E-state index is 13.3. The molecule has 182 valence electrons. The summed E-state index contributed by atoms with van der Waals surface area (Å²) in [6, 6.07) is 6.32. The Labute approximate surface area is 187 Å². The molecule has 0 amide bonds. The lowest BCUT2D eigenvalue weighted by Crippen LogP contribution is -2.36. The number of nitrogens with zero attached hydrogens (tertiary/aromatic N) is 3. The number of aliphatic carboxylic acids is 1. The highest BCUT2D eigenvalue weighted by Gasteiger charge is 2.49. The Bertz CT molecular complexity index is 1110. The number of nitrogens with one attached hydrogen (secondary N) is 1. The number of halogens is 4. The molecule has 3 heterocycles. The monoisotopic (exact) mass is 494 g/mol. The number of carbonyl (C=O) groups is 1. The van der Waals surface area contributed by atoms with E-state index in [1.807, 2.05) is 0 Å². The van der Waals surface area contributed by atoms with E-state index in [9.17, 15) is 26.0 Å². The predicted molar refractivity (Wildman–Crippen MR) is 107 cm³/mol. The first kappa shape index (κ1) is 24.9. The summed E-state index contributed by atoms with van der Waals surface area (Å²) in [4.78, 5) is 12.9. The minimum atomic E-state index is -5.08. The normalized spacial score (nSPS) is 23.4. The van der Waals surface area contributed by atoms with Crippen molar-refractivity contribution in [2.75, 3.05) is 25.0 Å². The Morgan fingerprint density at radius 2 is 2.06 bits per heavy atom. The topological polar surface area (TPSA) is 114 Å². The molecule has 9 nitrogen and oxygen atoms in total. The summed E-state index contributed by atoms with van der Waals surface area (Å²) in [7, 11) is -1.88. The summed E-state index contributed by atoms with van der Waals surface area (Å²) in [5.41, 5.74) is 0.207. The summed E-state index contributed by atoms with van der Waals surface area (Å²) in [6.45, 7) is 1.19. The number of carboxylic acid groups (broad SMARTS) is 1. The first-order chi connectivity index (χ1) is 15.3. The third kappa shape index (κ3) is 6.00. The first-order valence-corrected chi connectivity index (χ1v) is 11.2. The van der Waals surface area contributed by atoms with Gasteiger partial charge in [-0.2, -0.15) is 17.5 Å². The van der Waals surface area contributed by atoms with E-state index in [-0.39, 0.29) is 16.9 Å². The van der Waals surface area contributed by atoms with Crippen molar-refractivity contribution in [2.24, 2.45) is 7.05 Å². The Balaban J connectivity index is 0.000000383. The summed E-state index contributed by atoms with van der Waals surface area (Å²) >= 11 is 0. The Morgan fingerprint density at radius 3 is 2.64 bits per heavy atom. The van der Waals surface area contributed by atoms with Crippen LogP contribution in [0.2, 0.25) is 0 Å². The lowest BCUT2D eigenvalue weighted by molar-refractivity contribution is -0.192. The maximum absolute atomic E-state index is 13.3. The minimum Gasteiger partial charge on any atom is -0.475 e. The molecule has 4 rings (SSSR count). The zero-order valence-corrected chi connectivity index (χ0v) is 18.2. The quantitative estimate of drug-likeness (QED) is 0.627. The van der Waals surface area contributed by atoms with Gasteiger partial charge in [0, 0.05) is 38.4 Å². The number of aromatic nitrogens is 2. The summed E-state index contributed by atoms with van der Waals surface area (Å²) in [5, 5.41) is 10.5. The molecule has 2 unspecified atom stereocenters. The first-order valence-electron chi connectivity index (χ1n) is 9.75. The van der Waals surface area contributed by atoms with E-state index in [1.54, 1.807) is 23.7 Å². The number of hydrogen-bond donors (Lipinski definition) is 2. The molecular weight excluding hydrogens is 472 g/mol. The molecule has 0 aliphatic carbocycles. The van der Waals surface area contributed by atoms with Gasteiger partial charge in [-0.05, 0) is 24.6 Å².